The van der Waals surface area contributed by atoms with Gasteiger partial charge in [-0.3, -0.25) is 9.59 Å². The standard InChI is InChI=1S/C26H29N3O3/c1-20-8-10-21(11-9-20)19-29(26(31)24-7-4-16-32-24)23-6-3-5-22(17-23)18-25(30)28-14-12-27(2)13-15-28/h3-11,16-17H,12-15,18-19H2,1-2H3. The molecule has 0 radical (unpaired) electrons. The molecule has 6 nitrogen and oxygen atoms in total. The van der Waals surface area contributed by atoms with Gasteiger partial charge in [-0.05, 0) is 49.4 Å². The lowest BCUT2D eigenvalue weighted by Crippen LogP contribution is -2.47. The Morgan fingerprint density at radius 1 is 0.938 bits per heavy atom. The Morgan fingerprint density at radius 3 is 2.38 bits per heavy atom. The van der Waals surface area contributed by atoms with E-state index in [1.165, 1.54) is 11.8 Å². The van der Waals surface area contributed by atoms with Gasteiger partial charge in [0.15, 0.2) is 5.76 Å². The Balaban J connectivity index is 1.56. The summed E-state index contributed by atoms with van der Waals surface area (Å²) in [6.07, 6.45) is 1.83. The summed E-state index contributed by atoms with van der Waals surface area (Å²) in [6.45, 7) is 5.75. The van der Waals surface area contributed by atoms with Gasteiger partial charge in [0.1, 0.15) is 0 Å². The molecule has 1 aromatic heterocycles. The van der Waals surface area contributed by atoms with Gasteiger partial charge in [0.2, 0.25) is 5.91 Å². The monoisotopic (exact) mass is 431 g/mol. The molecule has 1 aliphatic rings. The highest BCUT2D eigenvalue weighted by Crippen LogP contribution is 2.23. The second-order valence-corrected chi connectivity index (χ2v) is 8.38. The number of anilines is 1. The number of carbonyl (C=O) groups excluding carboxylic acids is 2. The van der Waals surface area contributed by atoms with Crippen LogP contribution in [0.4, 0.5) is 5.69 Å². The predicted molar refractivity (Wildman–Crippen MR) is 125 cm³/mol. The summed E-state index contributed by atoms with van der Waals surface area (Å²) in [4.78, 5) is 31.9. The molecule has 0 bridgehead atoms. The molecule has 0 spiro atoms. The number of furan rings is 1. The van der Waals surface area contributed by atoms with Crippen LogP contribution in [0.2, 0.25) is 0 Å². The third kappa shape index (κ3) is 5.26. The van der Waals surface area contributed by atoms with Gasteiger partial charge in [0.05, 0.1) is 19.2 Å². The van der Waals surface area contributed by atoms with E-state index in [2.05, 4.69) is 11.9 Å². The molecule has 0 atom stereocenters. The van der Waals surface area contributed by atoms with Crippen molar-refractivity contribution in [3.8, 4) is 0 Å². The van der Waals surface area contributed by atoms with Crippen molar-refractivity contribution in [1.82, 2.24) is 9.80 Å². The van der Waals surface area contributed by atoms with E-state index < -0.39 is 0 Å². The zero-order valence-electron chi connectivity index (χ0n) is 18.7. The molecule has 0 saturated carbocycles. The quantitative estimate of drug-likeness (QED) is 0.597. The lowest BCUT2D eigenvalue weighted by Gasteiger charge is -2.32. The SMILES string of the molecule is Cc1ccc(CN(C(=O)c2ccco2)c2cccc(CC(=O)N3CCN(C)CC3)c2)cc1. The summed E-state index contributed by atoms with van der Waals surface area (Å²) in [6, 6.07) is 19.2. The lowest BCUT2D eigenvalue weighted by atomic mass is 10.1. The van der Waals surface area contributed by atoms with Crippen LogP contribution in [-0.2, 0) is 17.8 Å². The maximum atomic E-state index is 13.2. The highest BCUT2D eigenvalue weighted by Gasteiger charge is 2.22. The van der Waals surface area contributed by atoms with Crippen LogP contribution in [0.15, 0.2) is 71.3 Å². The van der Waals surface area contributed by atoms with Crippen LogP contribution in [0.1, 0.15) is 27.2 Å². The minimum Gasteiger partial charge on any atom is -0.459 e. The maximum absolute atomic E-state index is 13.2. The number of benzene rings is 2. The fraction of sp³-hybridized carbons (Fsp3) is 0.308. The number of hydrogen-bond acceptors (Lipinski definition) is 4. The normalized spacial score (nSPS) is 14.4. The predicted octanol–water partition coefficient (Wildman–Crippen LogP) is 3.75. The van der Waals surface area contributed by atoms with Crippen LogP contribution in [0, 0.1) is 6.92 Å². The van der Waals surface area contributed by atoms with E-state index in [0.717, 1.165) is 43.0 Å². The number of likely N-dealkylation sites (N-methyl/N-ethyl adjacent to an activating group) is 1. The van der Waals surface area contributed by atoms with Crippen LogP contribution in [0.3, 0.4) is 0 Å². The first-order chi connectivity index (χ1) is 15.5. The first-order valence-electron chi connectivity index (χ1n) is 11.0. The molecule has 3 aromatic rings. The topological polar surface area (TPSA) is 57.0 Å². The van der Waals surface area contributed by atoms with Gasteiger partial charge < -0.3 is 19.1 Å². The first-order valence-corrected chi connectivity index (χ1v) is 11.0. The second-order valence-electron chi connectivity index (χ2n) is 8.38. The van der Waals surface area contributed by atoms with Crippen molar-refractivity contribution in [2.75, 3.05) is 38.1 Å². The van der Waals surface area contributed by atoms with E-state index >= 15 is 0 Å². The highest BCUT2D eigenvalue weighted by atomic mass is 16.3. The Hall–Kier alpha value is -3.38. The molecule has 1 fully saturated rings. The van der Waals surface area contributed by atoms with Crippen LogP contribution in [0.5, 0.6) is 0 Å². The maximum Gasteiger partial charge on any atom is 0.294 e. The molecular formula is C26H29N3O3. The van der Waals surface area contributed by atoms with E-state index in [9.17, 15) is 9.59 Å². The van der Waals surface area contributed by atoms with Gasteiger partial charge in [-0.15, -0.1) is 0 Å². The number of aryl methyl sites for hydroxylation is 1. The van der Waals surface area contributed by atoms with E-state index in [4.69, 9.17) is 4.42 Å². The van der Waals surface area contributed by atoms with Gasteiger partial charge in [0.25, 0.3) is 5.91 Å². The fourth-order valence-corrected chi connectivity index (χ4v) is 3.87. The Labute approximate surface area is 189 Å². The fourth-order valence-electron chi connectivity index (χ4n) is 3.87. The van der Waals surface area contributed by atoms with Gasteiger partial charge in [-0.2, -0.15) is 0 Å². The Morgan fingerprint density at radius 2 is 1.69 bits per heavy atom. The van der Waals surface area contributed by atoms with Gasteiger partial charge in [-0.1, -0.05) is 42.0 Å². The molecule has 2 heterocycles. The minimum absolute atomic E-state index is 0.123. The summed E-state index contributed by atoms with van der Waals surface area (Å²) < 4.78 is 5.38. The van der Waals surface area contributed by atoms with E-state index in [1.807, 2.05) is 60.4 Å². The van der Waals surface area contributed by atoms with Gasteiger partial charge >= 0.3 is 0 Å². The Bertz CT molecular complexity index is 1050. The zero-order valence-corrected chi connectivity index (χ0v) is 18.7. The molecular weight excluding hydrogens is 402 g/mol. The van der Waals surface area contributed by atoms with E-state index in [0.29, 0.717) is 13.0 Å². The highest BCUT2D eigenvalue weighted by molar-refractivity contribution is 6.04. The van der Waals surface area contributed by atoms with Gasteiger partial charge in [0, 0.05) is 31.9 Å². The van der Waals surface area contributed by atoms with Crippen molar-refractivity contribution in [3.05, 3.63) is 89.4 Å². The van der Waals surface area contributed by atoms with Crippen LogP contribution in [0.25, 0.3) is 0 Å². The average molecular weight is 432 g/mol. The van der Waals surface area contributed by atoms with E-state index in [-0.39, 0.29) is 17.6 Å². The summed E-state index contributed by atoms with van der Waals surface area (Å²) in [5.41, 5.74) is 3.83. The molecule has 4 rings (SSSR count). The van der Waals surface area contributed by atoms with Crippen molar-refractivity contribution in [3.63, 3.8) is 0 Å². The number of carbonyl (C=O) groups is 2. The molecule has 1 aliphatic heterocycles. The van der Waals surface area contributed by atoms with Crippen molar-refractivity contribution in [2.24, 2.45) is 0 Å². The number of hydrogen-bond donors (Lipinski definition) is 0. The molecule has 2 amide bonds. The largest absolute Gasteiger partial charge is 0.459 e. The number of rotatable bonds is 6. The number of nitrogens with zero attached hydrogens (tertiary/aromatic N) is 3. The van der Waals surface area contributed by atoms with Crippen molar-refractivity contribution in [2.45, 2.75) is 19.9 Å². The molecule has 0 N–H and O–H groups in total. The molecule has 2 aromatic carbocycles. The number of amides is 2. The Kier molecular flexibility index (Phi) is 6.71. The molecule has 0 aliphatic carbocycles. The van der Waals surface area contributed by atoms with E-state index in [1.54, 1.807) is 17.0 Å². The van der Waals surface area contributed by atoms with Crippen molar-refractivity contribution < 1.29 is 14.0 Å². The van der Waals surface area contributed by atoms with Gasteiger partial charge in [-0.25, -0.2) is 0 Å². The summed E-state index contributed by atoms with van der Waals surface area (Å²) in [5, 5.41) is 0. The third-order valence-corrected chi connectivity index (χ3v) is 5.87. The zero-order chi connectivity index (χ0) is 22.5. The summed E-state index contributed by atoms with van der Waals surface area (Å²) in [7, 11) is 2.07. The van der Waals surface area contributed by atoms with Crippen LogP contribution >= 0.6 is 0 Å². The number of piperazine rings is 1. The second kappa shape index (κ2) is 9.83. The molecule has 0 unspecified atom stereocenters. The van der Waals surface area contributed by atoms with Crippen LogP contribution in [-0.4, -0.2) is 54.8 Å². The first kappa shape index (κ1) is 21.8. The third-order valence-electron chi connectivity index (χ3n) is 5.87. The van der Waals surface area contributed by atoms with Crippen molar-refractivity contribution in [1.29, 1.82) is 0 Å². The molecule has 6 heteroatoms. The molecule has 32 heavy (non-hydrogen) atoms. The van der Waals surface area contributed by atoms with Crippen LogP contribution < -0.4 is 4.90 Å². The lowest BCUT2D eigenvalue weighted by molar-refractivity contribution is -0.132. The molecule has 1 saturated heterocycles. The summed E-state index contributed by atoms with van der Waals surface area (Å²) in [5.74, 6) is 0.201. The molecule has 166 valence electrons. The minimum atomic E-state index is -0.210. The smallest absolute Gasteiger partial charge is 0.294 e. The van der Waals surface area contributed by atoms with Crippen molar-refractivity contribution >= 4 is 17.5 Å². The average Bonchev–Trinajstić information content (AvgIpc) is 3.34. The summed E-state index contributed by atoms with van der Waals surface area (Å²) >= 11 is 0.